The van der Waals surface area contributed by atoms with E-state index in [9.17, 15) is 14.9 Å². The van der Waals surface area contributed by atoms with Gasteiger partial charge in [-0.2, -0.15) is 0 Å². The maximum atomic E-state index is 12.5. The Morgan fingerprint density at radius 1 is 1.03 bits per heavy atom. The average molecular weight is 401 g/mol. The van der Waals surface area contributed by atoms with E-state index in [0.717, 1.165) is 11.4 Å². The fourth-order valence-corrected chi connectivity index (χ4v) is 3.21. The first-order valence-electron chi connectivity index (χ1n) is 9.14. The van der Waals surface area contributed by atoms with Crippen molar-refractivity contribution in [3.63, 3.8) is 0 Å². The molecular weight excluding hydrogens is 378 g/mol. The van der Waals surface area contributed by atoms with E-state index in [1.165, 1.54) is 19.2 Å². The highest BCUT2D eigenvalue weighted by Gasteiger charge is 2.24. The zero-order chi connectivity index (χ0) is 20.8. The number of para-hydroxylation sites is 2. The maximum Gasteiger partial charge on any atom is 0.314 e. The minimum absolute atomic E-state index is 0.0387. The number of rotatable bonds is 7. The monoisotopic (exact) mass is 401 g/mol. The van der Waals surface area contributed by atoms with Gasteiger partial charge in [0.05, 0.1) is 30.9 Å². The van der Waals surface area contributed by atoms with E-state index >= 15 is 0 Å². The fourth-order valence-electron chi connectivity index (χ4n) is 3.21. The van der Waals surface area contributed by atoms with E-state index in [-0.39, 0.29) is 24.0 Å². The van der Waals surface area contributed by atoms with E-state index in [4.69, 9.17) is 14.2 Å². The Bertz CT molecular complexity index is 880. The van der Waals surface area contributed by atoms with Gasteiger partial charge in [0.15, 0.2) is 12.4 Å². The van der Waals surface area contributed by atoms with Gasteiger partial charge in [0.2, 0.25) is 0 Å². The van der Waals surface area contributed by atoms with E-state index in [2.05, 4.69) is 4.90 Å². The Labute approximate surface area is 168 Å². The summed E-state index contributed by atoms with van der Waals surface area (Å²) in [4.78, 5) is 27.0. The summed E-state index contributed by atoms with van der Waals surface area (Å²) < 4.78 is 15.8. The molecule has 0 spiro atoms. The summed E-state index contributed by atoms with van der Waals surface area (Å²) in [5.74, 6) is 0.969. The van der Waals surface area contributed by atoms with Gasteiger partial charge in [0.25, 0.3) is 5.91 Å². The molecule has 0 radical (unpaired) electrons. The maximum absolute atomic E-state index is 12.5. The SMILES string of the molecule is COc1ccc(OCC(=O)N2CCN(c3ccccc3OC)CC2)c([N+](=O)[O-])c1. The number of hydrogen-bond donors (Lipinski definition) is 0. The largest absolute Gasteiger partial charge is 0.496 e. The zero-order valence-electron chi connectivity index (χ0n) is 16.4. The molecule has 0 N–H and O–H groups in total. The molecule has 0 atom stereocenters. The second kappa shape index (κ2) is 9.13. The summed E-state index contributed by atoms with van der Waals surface area (Å²) in [6.07, 6.45) is 0. The van der Waals surface area contributed by atoms with Crippen molar-refractivity contribution >= 4 is 17.3 Å². The van der Waals surface area contributed by atoms with Gasteiger partial charge in [-0.15, -0.1) is 0 Å². The molecule has 1 saturated heterocycles. The Morgan fingerprint density at radius 2 is 1.76 bits per heavy atom. The second-order valence-electron chi connectivity index (χ2n) is 6.42. The molecule has 3 rings (SSSR count). The number of nitro groups is 1. The molecule has 0 unspecified atom stereocenters. The Morgan fingerprint density at radius 3 is 2.41 bits per heavy atom. The van der Waals surface area contributed by atoms with Crippen molar-refractivity contribution in [1.82, 2.24) is 4.90 Å². The molecule has 9 heteroatoms. The van der Waals surface area contributed by atoms with Gasteiger partial charge in [0, 0.05) is 26.2 Å². The quantitative estimate of drug-likeness (QED) is 0.519. The van der Waals surface area contributed by atoms with Crippen LogP contribution in [0.5, 0.6) is 17.2 Å². The lowest BCUT2D eigenvalue weighted by molar-refractivity contribution is -0.385. The van der Waals surface area contributed by atoms with Crippen molar-refractivity contribution in [2.24, 2.45) is 0 Å². The molecule has 2 aromatic rings. The van der Waals surface area contributed by atoms with Gasteiger partial charge in [-0.3, -0.25) is 14.9 Å². The highest BCUT2D eigenvalue weighted by atomic mass is 16.6. The molecule has 0 aromatic heterocycles. The summed E-state index contributed by atoms with van der Waals surface area (Å²) in [5, 5.41) is 11.2. The minimum Gasteiger partial charge on any atom is -0.496 e. The lowest BCUT2D eigenvalue weighted by Crippen LogP contribution is -2.50. The standard InChI is InChI=1S/C20H23N3O6/c1-27-15-7-8-19(17(13-15)23(25)26)29-14-20(24)22-11-9-21(10-12-22)16-5-3-4-6-18(16)28-2/h3-8,13H,9-12,14H2,1-2H3. The number of ether oxygens (including phenoxy) is 3. The first-order chi connectivity index (χ1) is 14.0. The van der Waals surface area contributed by atoms with Crippen LogP contribution < -0.4 is 19.1 Å². The van der Waals surface area contributed by atoms with Gasteiger partial charge in [0.1, 0.15) is 11.5 Å². The minimum atomic E-state index is -0.561. The van der Waals surface area contributed by atoms with Crippen molar-refractivity contribution in [2.45, 2.75) is 0 Å². The number of nitrogens with zero attached hydrogens (tertiary/aromatic N) is 3. The third-order valence-electron chi connectivity index (χ3n) is 4.77. The van der Waals surface area contributed by atoms with E-state index in [1.54, 1.807) is 18.1 Å². The first kappa shape index (κ1) is 20.2. The van der Waals surface area contributed by atoms with Gasteiger partial charge < -0.3 is 24.0 Å². The topological polar surface area (TPSA) is 94.4 Å². The molecule has 0 aliphatic carbocycles. The van der Waals surface area contributed by atoms with Gasteiger partial charge >= 0.3 is 5.69 Å². The summed E-state index contributed by atoms with van der Waals surface area (Å²) in [5.41, 5.74) is 0.755. The molecule has 1 aliphatic heterocycles. The highest BCUT2D eigenvalue weighted by Crippen LogP contribution is 2.31. The van der Waals surface area contributed by atoms with Crippen LogP contribution in [0.1, 0.15) is 0 Å². The van der Waals surface area contributed by atoms with Crippen LogP contribution >= 0.6 is 0 Å². The number of hydrogen-bond acceptors (Lipinski definition) is 7. The Hall–Kier alpha value is -3.49. The van der Waals surface area contributed by atoms with Crippen molar-refractivity contribution in [3.05, 3.63) is 52.6 Å². The van der Waals surface area contributed by atoms with Crippen LogP contribution in [0, 0.1) is 10.1 Å². The molecule has 1 aliphatic rings. The molecule has 0 bridgehead atoms. The second-order valence-corrected chi connectivity index (χ2v) is 6.42. The van der Waals surface area contributed by atoms with Crippen LogP contribution in [-0.4, -0.2) is 62.7 Å². The lowest BCUT2D eigenvalue weighted by atomic mass is 10.2. The van der Waals surface area contributed by atoms with Crippen LogP contribution in [0.25, 0.3) is 0 Å². The van der Waals surface area contributed by atoms with Crippen LogP contribution in [0.2, 0.25) is 0 Å². The molecule has 154 valence electrons. The van der Waals surface area contributed by atoms with E-state index in [0.29, 0.717) is 31.9 Å². The smallest absolute Gasteiger partial charge is 0.314 e. The summed E-state index contributed by atoms with van der Waals surface area (Å²) >= 11 is 0. The van der Waals surface area contributed by atoms with Crippen molar-refractivity contribution in [2.75, 3.05) is 51.9 Å². The first-order valence-corrected chi connectivity index (χ1v) is 9.14. The molecular formula is C20H23N3O6. The predicted octanol–water partition coefficient (Wildman–Crippen LogP) is 2.34. The van der Waals surface area contributed by atoms with Crippen molar-refractivity contribution in [1.29, 1.82) is 0 Å². The number of benzene rings is 2. The molecule has 0 saturated carbocycles. The molecule has 29 heavy (non-hydrogen) atoms. The lowest BCUT2D eigenvalue weighted by Gasteiger charge is -2.36. The predicted molar refractivity (Wildman–Crippen MR) is 107 cm³/mol. The van der Waals surface area contributed by atoms with E-state index in [1.807, 2.05) is 24.3 Å². The third kappa shape index (κ3) is 4.68. The fraction of sp³-hybridized carbons (Fsp3) is 0.350. The van der Waals surface area contributed by atoms with Gasteiger partial charge in [-0.1, -0.05) is 12.1 Å². The van der Waals surface area contributed by atoms with Gasteiger partial charge in [-0.25, -0.2) is 0 Å². The van der Waals surface area contributed by atoms with Crippen molar-refractivity contribution < 1.29 is 23.9 Å². The average Bonchev–Trinajstić information content (AvgIpc) is 2.77. The van der Waals surface area contributed by atoms with E-state index < -0.39 is 4.92 Å². The number of carbonyl (C=O) groups is 1. The zero-order valence-corrected chi connectivity index (χ0v) is 16.4. The summed E-state index contributed by atoms with van der Waals surface area (Å²) in [7, 11) is 3.06. The van der Waals surface area contributed by atoms with Crippen LogP contribution in [-0.2, 0) is 4.79 Å². The van der Waals surface area contributed by atoms with Crippen LogP contribution in [0.15, 0.2) is 42.5 Å². The molecule has 9 nitrogen and oxygen atoms in total. The number of nitro benzene ring substituents is 1. The molecule has 1 fully saturated rings. The van der Waals surface area contributed by atoms with Crippen LogP contribution in [0.3, 0.4) is 0 Å². The number of methoxy groups -OCH3 is 2. The van der Waals surface area contributed by atoms with Gasteiger partial charge in [-0.05, 0) is 24.3 Å². The summed E-state index contributed by atoms with van der Waals surface area (Å²) in [6, 6.07) is 12.0. The number of anilines is 1. The summed E-state index contributed by atoms with van der Waals surface area (Å²) in [6.45, 7) is 2.13. The number of piperazine rings is 1. The normalized spacial score (nSPS) is 13.7. The Kier molecular flexibility index (Phi) is 6.38. The molecule has 1 heterocycles. The number of amides is 1. The molecule has 1 amide bonds. The highest BCUT2D eigenvalue weighted by molar-refractivity contribution is 5.78. The number of carbonyl (C=O) groups excluding carboxylic acids is 1. The molecule has 2 aromatic carbocycles. The van der Waals surface area contributed by atoms with Crippen LogP contribution in [0.4, 0.5) is 11.4 Å². The third-order valence-corrected chi connectivity index (χ3v) is 4.77. The Balaban J connectivity index is 1.57. The van der Waals surface area contributed by atoms with Crippen molar-refractivity contribution in [3.8, 4) is 17.2 Å².